The maximum Gasteiger partial charge on any atom is 0.308 e. The van der Waals surface area contributed by atoms with Crippen molar-refractivity contribution >= 4 is 40.9 Å². The van der Waals surface area contributed by atoms with Crippen molar-refractivity contribution in [1.82, 2.24) is 0 Å². The number of hydrogen-bond donors (Lipinski definition) is 1. The van der Waals surface area contributed by atoms with Gasteiger partial charge in [-0.1, -0.05) is 31.2 Å². The smallest absolute Gasteiger partial charge is 0.308 e. The number of nitrogens with one attached hydrogen (secondary N) is 1. The standard InChI is InChI=1S/C22H24N2O4S/c1-3-16-8-10-17(11-9-16)23-22(27)15(2)28-21(26)12-13-24-18-6-4-5-7-19(18)29-14-20(24)25/h4-11,15H,3,12-14H2,1-2H3,(H,23,27)/t15-/m0/s1. The maximum absolute atomic E-state index is 12.3. The molecule has 1 aliphatic rings. The van der Waals surface area contributed by atoms with E-state index in [0.717, 1.165) is 17.0 Å². The number of ether oxygens (including phenoxy) is 1. The van der Waals surface area contributed by atoms with Gasteiger partial charge in [0.25, 0.3) is 5.91 Å². The number of carbonyl (C=O) groups excluding carboxylic acids is 3. The Kier molecular flexibility index (Phi) is 6.93. The Labute approximate surface area is 174 Å². The Bertz CT molecular complexity index is 898. The van der Waals surface area contributed by atoms with E-state index in [1.807, 2.05) is 48.5 Å². The molecular weight excluding hydrogens is 388 g/mol. The molecule has 2 aromatic rings. The monoisotopic (exact) mass is 412 g/mol. The summed E-state index contributed by atoms with van der Waals surface area (Å²) in [5, 5.41) is 2.74. The Morgan fingerprint density at radius 3 is 2.62 bits per heavy atom. The lowest BCUT2D eigenvalue weighted by Gasteiger charge is -2.28. The summed E-state index contributed by atoms with van der Waals surface area (Å²) < 4.78 is 5.25. The number of fused-ring (bicyclic) bond motifs is 1. The van der Waals surface area contributed by atoms with Crippen LogP contribution in [0.5, 0.6) is 0 Å². The fourth-order valence-corrected chi connectivity index (χ4v) is 3.92. The number of rotatable bonds is 7. The predicted octanol–water partition coefficient (Wildman–Crippen LogP) is 3.65. The summed E-state index contributed by atoms with van der Waals surface area (Å²) in [6, 6.07) is 15.1. The second-order valence-electron chi connectivity index (χ2n) is 6.72. The van der Waals surface area contributed by atoms with Gasteiger partial charge >= 0.3 is 5.97 Å². The van der Waals surface area contributed by atoms with Crippen molar-refractivity contribution < 1.29 is 19.1 Å². The molecule has 0 spiro atoms. The normalized spacial score (nSPS) is 14.1. The van der Waals surface area contributed by atoms with Crippen LogP contribution in [-0.2, 0) is 25.5 Å². The molecule has 0 fully saturated rings. The molecule has 2 amide bonds. The van der Waals surface area contributed by atoms with Crippen molar-refractivity contribution in [3.8, 4) is 0 Å². The lowest BCUT2D eigenvalue weighted by atomic mass is 10.1. The summed E-state index contributed by atoms with van der Waals surface area (Å²) in [5.74, 6) is -0.597. The molecule has 0 saturated carbocycles. The average Bonchev–Trinajstić information content (AvgIpc) is 2.73. The van der Waals surface area contributed by atoms with Crippen LogP contribution >= 0.6 is 11.8 Å². The molecule has 7 heteroatoms. The highest BCUT2D eigenvalue weighted by molar-refractivity contribution is 8.00. The first-order valence-electron chi connectivity index (χ1n) is 9.59. The molecule has 0 bridgehead atoms. The number of hydrogen-bond acceptors (Lipinski definition) is 5. The molecule has 6 nitrogen and oxygen atoms in total. The van der Waals surface area contributed by atoms with Crippen molar-refractivity contribution in [2.24, 2.45) is 0 Å². The fourth-order valence-electron chi connectivity index (χ4n) is 2.98. The molecule has 2 aromatic carbocycles. The van der Waals surface area contributed by atoms with Gasteiger partial charge in [-0.15, -0.1) is 11.8 Å². The van der Waals surface area contributed by atoms with Crippen LogP contribution in [0.15, 0.2) is 53.4 Å². The van der Waals surface area contributed by atoms with E-state index >= 15 is 0 Å². The molecule has 0 unspecified atom stereocenters. The van der Waals surface area contributed by atoms with Crippen molar-refractivity contribution in [3.63, 3.8) is 0 Å². The Morgan fingerprint density at radius 1 is 1.17 bits per heavy atom. The zero-order valence-corrected chi connectivity index (χ0v) is 17.3. The van der Waals surface area contributed by atoms with Crippen LogP contribution in [0.4, 0.5) is 11.4 Å². The highest BCUT2D eigenvalue weighted by Crippen LogP contribution is 2.34. The molecule has 152 valence electrons. The average molecular weight is 413 g/mol. The van der Waals surface area contributed by atoms with Gasteiger partial charge < -0.3 is 15.0 Å². The van der Waals surface area contributed by atoms with Gasteiger partial charge in [0.05, 0.1) is 17.9 Å². The van der Waals surface area contributed by atoms with E-state index < -0.39 is 18.0 Å². The van der Waals surface area contributed by atoms with Gasteiger partial charge in [0.15, 0.2) is 6.10 Å². The topological polar surface area (TPSA) is 75.7 Å². The van der Waals surface area contributed by atoms with Gasteiger partial charge in [0.2, 0.25) is 5.91 Å². The first-order chi connectivity index (χ1) is 14.0. The second-order valence-corrected chi connectivity index (χ2v) is 7.74. The Balaban J connectivity index is 1.51. The number of para-hydroxylation sites is 1. The highest BCUT2D eigenvalue weighted by Gasteiger charge is 2.25. The Hall–Kier alpha value is -2.80. The summed E-state index contributed by atoms with van der Waals surface area (Å²) >= 11 is 1.49. The van der Waals surface area contributed by atoms with Crippen LogP contribution in [0.3, 0.4) is 0 Å². The van der Waals surface area contributed by atoms with Crippen LogP contribution in [0.1, 0.15) is 25.8 Å². The lowest BCUT2D eigenvalue weighted by Crippen LogP contribution is -2.38. The molecule has 3 rings (SSSR count). The molecule has 1 N–H and O–H groups in total. The summed E-state index contributed by atoms with van der Waals surface area (Å²) in [6.07, 6.45) is 0.0200. The molecule has 0 aromatic heterocycles. The van der Waals surface area contributed by atoms with Crippen molar-refractivity contribution in [2.75, 3.05) is 22.5 Å². The van der Waals surface area contributed by atoms with Crippen molar-refractivity contribution in [2.45, 2.75) is 37.7 Å². The summed E-state index contributed by atoms with van der Waals surface area (Å²) in [6.45, 7) is 3.82. The van der Waals surface area contributed by atoms with E-state index in [4.69, 9.17) is 4.74 Å². The summed E-state index contributed by atoms with van der Waals surface area (Å²) in [4.78, 5) is 39.3. The van der Waals surface area contributed by atoms with Crippen LogP contribution in [0.2, 0.25) is 0 Å². The predicted molar refractivity (Wildman–Crippen MR) is 114 cm³/mol. The van der Waals surface area contributed by atoms with Crippen LogP contribution in [-0.4, -0.2) is 36.2 Å². The maximum atomic E-state index is 12.3. The summed E-state index contributed by atoms with van der Waals surface area (Å²) in [5.41, 5.74) is 2.64. The number of aryl methyl sites for hydroxylation is 1. The van der Waals surface area contributed by atoms with E-state index in [0.29, 0.717) is 11.4 Å². The zero-order chi connectivity index (χ0) is 20.8. The Morgan fingerprint density at radius 2 is 1.90 bits per heavy atom. The molecule has 0 radical (unpaired) electrons. The SMILES string of the molecule is CCc1ccc(NC(=O)[C@H](C)OC(=O)CCN2C(=O)CSc3ccccc32)cc1. The van der Waals surface area contributed by atoms with Gasteiger partial charge in [-0.2, -0.15) is 0 Å². The summed E-state index contributed by atoms with van der Waals surface area (Å²) in [7, 11) is 0. The minimum Gasteiger partial charge on any atom is -0.452 e. The van der Waals surface area contributed by atoms with Gasteiger partial charge in [-0.05, 0) is 43.2 Å². The lowest BCUT2D eigenvalue weighted by molar-refractivity contribution is -0.152. The molecule has 1 aliphatic heterocycles. The van der Waals surface area contributed by atoms with Crippen LogP contribution in [0.25, 0.3) is 0 Å². The largest absolute Gasteiger partial charge is 0.452 e. The minimum atomic E-state index is -0.923. The fraction of sp³-hybridized carbons (Fsp3) is 0.318. The molecule has 1 atom stereocenters. The van der Waals surface area contributed by atoms with Gasteiger partial charge in [0.1, 0.15) is 0 Å². The highest BCUT2D eigenvalue weighted by atomic mass is 32.2. The number of thioether (sulfide) groups is 1. The van der Waals surface area contributed by atoms with Gasteiger partial charge in [0, 0.05) is 17.1 Å². The third kappa shape index (κ3) is 5.38. The van der Waals surface area contributed by atoms with E-state index in [1.165, 1.54) is 24.2 Å². The molecule has 0 aliphatic carbocycles. The number of anilines is 2. The number of esters is 1. The van der Waals surface area contributed by atoms with E-state index in [9.17, 15) is 14.4 Å². The number of benzene rings is 2. The van der Waals surface area contributed by atoms with Crippen molar-refractivity contribution in [3.05, 3.63) is 54.1 Å². The zero-order valence-electron chi connectivity index (χ0n) is 16.5. The third-order valence-electron chi connectivity index (χ3n) is 4.65. The van der Waals surface area contributed by atoms with Crippen molar-refractivity contribution in [1.29, 1.82) is 0 Å². The van der Waals surface area contributed by atoms with E-state index in [2.05, 4.69) is 12.2 Å². The second kappa shape index (κ2) is 9.60. The molecule has 0 saturated heterocycles. The minimum absolute atomic E-state index is 0.0214. The van der Waals surface area contributed by atoms with Crippen LogP contribution < -0.4 is 10.2 Å². The van der Waals surface area contributed by atoms with E-state index in [1.54, 1.807) is 4.90 Å². The number of carbonyl (C=O) groups is 3. The molecule has 29 heavy (non-hydrogen) atoms. The van der Waals surface area contributed by atoms with E-state index in [-0.39, 0.29) is 18.9 Å². The first kappa shape index (κ1) is 20.9. The molecular formula is C22H24N2O4S. The van der Waals surface area contributed by atoms with Crippen LogP contribution in [0, 0.1) is 0 Å². The third-order valence-corrected chi connectivity index (χ3v) is 5.70. The first-order valence-corrected chi connectivity index (χ1v) is 10.6. The number of amides is 2. The van der Waals surface area contributed by atoms with Gasteiger partial charge in [-0.3, -0.25) is 14.4 Å². The molecule has 1 heterocycles. The number of nitrogens with zero attached hydrogens (tertiary/aromatic N) is 1. The quantitative estimate of drug-likeness (QED) is 0.703. The van der Waals surface area contributed by atoms with Gasteiger partial charge in [-0.25, -0.2) is 0 Å².